The fraction of sp³-hybridized carbons (Fsp3) is 0.688. The van der Waals surface area contributed by atoms with E-state index in [1.54, 1.807) is 0 Å². The number of aromatic nitrogens is 1. The van der Waals surface area contributed by atoms with Gasteiger partial charge in [0.1, 0.15) is 5.82 Å². The number of aryl methyl sites for hydroxylation is 1. The molecule has 2 rings (SSSR count). The summed E-state index contributed by atoms with van der Waals surface area (Å²) in [6.07, 6.45) is 7.07. The van der Waals surface area contributed by atoms with Crippen molar-refractivity contribution in [3.05, 3.63) is 23.4 Å². The molecule has 0 spiro atoms. The maximum absolute atomic E-state index is 9.19. The number of anilines is 1. The van der Waals surface area contributed by atoms with Gasteiger partial charge in [-0.15, -0.1) is 0 Å². The summed E-state index contributed by atoms with van der Waals surface area (Å²) in [6, 6.07) is 2.71. The fourth-order valence-electron chi connectivity index (χ4n) is 3.03. The van der Waals surface area contributed by atoms with E-state index in [9.17, 15) is 5.11 Å². The number of aliphatic hydroxyl groups excluding tert-OH is 1. The third-order valence-electron chi connectivity index (χ3n) is 3.89. The lowest BCUT2D eigenvalue weighted by Gasteiger charge is -2.33. The predicted molar refractivity (Wildman–Crippen MR) is 79.3 cm³/mol. The molecule has 0 atom stereocenters. The Morgan fingerprint density at radius 1 is 1.37 bits per heavy atom. The quantitative estimate of drug-likeness (QED) is 0.884. The molecule has 1 aliphatic carbocycles. The molecule has 0 aliphatic heterocycles. The molecule has 1 saturated carbocycles. The van der Waals surface area contributed by atoms with Crippen LogP contribution < -0.4 is 4.90 Å². The SMILES string of the molecule is Cc1cc(CO)cnc1N(CC(C)C)C1CCCC1. The van der Waals surface area contributed by atoms with Gasteiger partial charge >= 0.3 is 0 Å². The van der Waals surface area contributed by atoms with Crippen molar-refractivity contribution in [3.8, 4) is 0 Å². The largest absolute Gasteiger partial charge is 0.392 e. The molecule has 3 heteroatoms. The van der Waals surface area contributed by atoms with E-state index < -0.39 is 0 Å². The minimum atomic E-state index is 0.0712. The minimum Gasteiger partial charge on any atom is -0.392 e. The van der Waals surface area contributed by atoms with Crippen molar-refractivity contribution in [1.29, 1.82) is 0 Å². The zero-order valence-corrected chi connectivity index (χ0v) is 12.4. The first-order chi connectivity index (χ1) is 9.11. The summed E-state index contributed by atoms with van der Waals surface area (Å²) in [5.41, 5.74) is 2.08. The van der Waals surface area contributed by atoms with Gasteiger partial charge in [-0.3, -0.25) is 0 Å². The lowest BCUT2D eigenvalue weighted by molar-refractivity contribution is 0.281. The fourth-order valence-corrected chi connectivity index (χ4v) is 3.03. The molecule has 0 unspecified atom stereocenters. The van der Waals surface area contributed by atoms with Gasteiger partial charge in [-0.2, -0.15) is 0 Å². The maximum atomic E-state index is 9.19. The van der Waals surface area contributed by atoms with E-state index in [1.165, 1.54) is 31.2 Å². The molecule has 0 saturated heterocycles. The van der Waals surface area contributed by atoms with Crippen molar-refractivity contribution in [3.63, 3.8) is 0 Å². The minimum absolute atomic E-state index is 0.0712. The number of rotatable bonds is 5. The van der Waals surface area contributed by atoms with Crippen molar-refractivity contribution < 1.29 is 5.11 Å². The average molecular weight is 262 g/mol. The van der Waals surface area contributed by atoms with Gasteiger partial charge in [0.25, 0.3) is 0 Å². The van der Waals surface area contributed by atoms with Crippen LogP contribution in [0, 0.1) is 12.8 Å². The summed E-state index contributed by atoms with van der Waals surface area (Å²) in [7, 11) is 0. The van der Waals surface area contributed by atoms with Gasteiger partial charge in [0.2, 0.25) is 0 Å². The first-order valence-corrected chi connectivity index (χ1v) is 7.45. The number of hydrogen-bond acceptors (Lipinski definition) is 3. The van der Waals surface area contributed by atoms with Gasteiger partial charge in [-0.1, -0.05) is 26.7 Å². The van der Waals surface area contributed by atoms with Crippen molar-refractivity contribution in [1.82, 2.24) is 4.98 Å². The van der Waals surface area contributed by atoms with Gasteiger partial charge in [-0.25, -0.2) is 4.98 Å². The molecule has 1 aromatic heterocycles. The third kappa shape index (κ3) is 3.47. The van der Waals surface area contributed by atoms with E-state index in [0.29, 0.717) is 12.0 Å². The highest BCUT2D eigenvalue weighted by atomic mass is 16.3. The Balaban J connectivity index is 2.26. The number of pyridine rings is 1. The van der Waals surface area contributed by atoms with Gasteiger partial charge in [0, 0.05) is 18.8 Å². The van der Waals surface area contributed by atoms with E-state index in [0.717, 1.165) is 17.9 Å². The first-order valence-electron chi connectivity index (χ1n) is 7.45. The smallest absolute Gasteiger partial charge is 0.131 e. The third-order valence-corrected chi connectivity index (χ3v) is 3.89. The molecule has 0 amide bonds. The summed E-state index contributed by atoms with van der Waals surface area (Å²) in [5, 5.41) is 9.19. The molecule has 0 bridgehead atoms. The van der Waals surface area contributed by atoms with Crippen LogP contribution in [0.4, 0.5) is 5.82 Å². The molecule has 3 nitrogen and oxygen atoms in total. The lowest BCUT2D eigenvalue weighted by Crippen LogP contribution is -2.37. The van der Waals surface area contributed by atoms with Crippen LogP contribution in [0.15, 0.2) is 12.3 Å². The molecule has 19 heavy (non-hydrogen) atoms. The molecule has 1 heterocycles. The second kappa shape index (κ2) is 6.38. The van der Waals surface area contributed by atoms with Crippen molar-refractivity contribution in [2.75, 3.05) is 11.4 Å². The summed E-state index contributed by atoms with van der Waals surface area (Å²) in [6.45, 7) is 7.77. The monoisotopic (exact) mass is 262 g/mol. The van der Waals surface area contributed by atoms with E-state index >= 15 is 0 Å². The van der Waals surface area contributed by atoms with Gasteiger partial charge in [0.15, 0.2) is 0 Å². The van der Waals surface area contributed by atoms with Crippen LogP contribution in [0.5, 0.6) is 0 Å². The second-order valence-electron chi connectivity index (χ2n) is 6.13. The Morgan fingerprint density at radius 3 is 2.58 bits per heavy atom. The Hall–Kier alpha value is -1.09. The Kier molecular flexibility index (Phi) is 4.81. The van der Waals surface area contributed by atoms with E-state index in [-0.39, 0.29) is 6.61 Å². The maximum Gasteiger partial charge on any atom is 0.131 e. The van der Waals surface area contributed by atoms with Crippen molar-refractivity contribution in [2.45, 2.75) is 59.1 Å². The number of hydrogen-bond donors (Lipinski definition) is 1. The molecule has 1 aromatic rings. The zero-order valence-electron chi connectivity index (χ0n) is 12.4. The van der Waals surface area contributed by atoms with Gasteiger partial charge in [0.05, 0.1) is 6.61 Å². The molecule has 1 fully saturated rings. The normalized spacial score (nSPS) is 16.3. The standard InChI is InChI=1S/C16H26N2O/c1-12(2)10-18(15-6-4-5-7-15)16-13(3)8-14(11-19)9-17-16/h8-9,12,15,19H,4-7,10-11H2,1-3H3. The predicted octanol–water partition coefficient (Wildman–Crippen LogP) is 3.29. The molecular formula is C16H26N2O. The summed E-state index contributed by atoms with van der Waals surface area (Å²) in [4.78, 5) is 7.11. The van der Waals surface area contributed by atoms with Crippen LogP contribution in [0.25, 0.3) is 0 Å². The van der Waals surface area contributed by atoms with E-state index in [1.807, 2.05) is 6.20 Å². The van der Waals surface area contributed by atoms with Crippen LogP contribution in [0.3, 0.4) is 0 Å². The highest BCUT2D eigenvalue weighted by Gasteiger charge is 2.25. The Labute approximate surface area is 116 Å². The summed E-state index contributed by atoms with van der Waals surface area (Å²) in [5.74, 6) is 1.75. The lowest BCUT2D eigenvalue weighted by atomic mass is 10.1. The van der Waals surface area contributed by atoms with Crippen LogP contribution >= 0.6 is 0 Å². The number of nitrogens with zero attached hydrogens (tertiary/aromatic N) is 2. The molecular weight excluding hydrogens is 236 g/mol. The Morgan fingerprint density at radius 2 is 2.05 bits per heavy atom. The highest BCUT2D eigenvalue weighted by molar-refractivity contribution is 5.48. The highest BCUT2D eigenvalue weighted by Crippen LogP contribution is 2.30. The Bertz CT molecular complexity index is 411. The zero-order chi connectivity index (χ0) is 13.8. The van der Waals surface area contributed by atoms with Crippen LogP contribution in [0.2, 0.25) is 0 Å². The molecule has 0 aromatic carbocycles. The molecule has 0 radical (unpaired) electrons. The summed E-state index contributed by atoms with van der Waals surface area (Å²) < 4.78 is 0. The van der Waals surface area contributed by atoms with Crippen molar-refractivity contribution in [2.24, 2.45) is 5.92 Å². The van der Waals surface area contributed by atoms with Gasteiger partial charge < -0.3 is 10.0 Å². The summed E-state index contributed by atoms with van der Waals surface area (Å²) >= 11 is 0. The molecule has 1 aliphatic rings. The molecule has 106 valence electrons. The van der Waals surface area contributed by atoms with Crippen LogP contribution in [-0.2, 0) is 6.61 Å². The van der Waals surface area contributed by atoms with Crippen molar-refractivity contribution >= 4 is 5.82 Å². The topological polar surface area (TPSA) is 36.4 Å². The first kappa shape index (κ1) is 14.3. The van der Waals surface area contributed by atoms with Crippen LogP contribution in [0.1, 0.15) is 50.7 Å². The molecule has 1 N–H and O–H groups in total. The average Bonchev–Trinajstić information content (AvgIpc) is 2.89. The van der Waals surface area contributed by atoms with E-state index in [4.69, 9.17) is 0 Å². The van der Waals surface area contributed by atoms with Crippen LogP contribution in [-0.4, -0.2) is 22.7 Å². The van der Waals surface area contributed by atoms with E-state index in [2.05, 4.69) is 36.7 Å². The second-order valence-corrected chi connectivity index (χ2v) is 6.13. The van der Waals surface area contributed by atoms with Gasteiger partial charge in [-0.05, 0) is 42.9 Å². The number of aliphatic hydroxyl groups is 1.